The molecule has 0 spiro atoms. The molecule has 1 saturated heterocycles. The number of aromatic amines is 1. The number of ether oxygens (including phenoxy) is 1. The van der Waals surface area contributed by atoms with E-state index in [1.165, 1.54) is 10.5 Å². The van der Waals surface area contributed by atoms with E-state index in [0.717, 1.165) is 49.3 Å². The molecule has 5 rings (SSSR count). The standard InChI is InChI=1S/C27H27N3O3S/c1-33-22-12-13-25-24(18-22)27(26(19-28-25)34(31,32)23-10-6-3-7-11-23)30-16-14-29(15-17-30)20-21-8-4-2-5-9-21/h2-13,18-19H,14-17,20H2,1H3/p+2. The Morgan fingerprint density at radius 3 is 2.29 bits per heavy atom. The summed E-state index contributed by atoms with van der Waals surface area (Å²) in [6.07, 6.45) is 1.63. The molecule has 7 heteroatoms. The summed E-state index contributed by atoms with van der Waals surface area (Å²) in [6.45, 7) is 4.39. The minimum absolute atomic E-state index is 0.292. The number of sulfone groups is 1. The predicted octanol–water partition coefficient (Wildman–Crippen LogP) is 2.40. The molecule has 1 aliphatic rings. The summed E-state index contributed by atoms with van der Waals surface area (Å²) in [5.74, 6) is 0.699. The third-order valence-corrected chi connectivity index (χ3v) is 8.28. The average Bonchev–Trinajstić information content (AvgIpc) is 2.89. The van der Waals surface area contributed by atoms with Gasteiger partial charge in [-0.05, 0) is 24.3 Å². The van der Waals surface area contributed by atoms with Gasteiger partial charge in [0.15, 0.2) is 11.1 Å². The van der Waals surface area contributed by atoms with Crippen molar-refractivity contribution in [3.63, 3.8) is 0 Å². The van der Waals surface area contributed by atoms with Crippen LogP contribution in [0.25, 0.3) is 10.9 Å². The van der Waals surface area contributed by atoms with Crippen LogP contribution in [0.3, 0.4) is 0 Å². The number of quaternary nitrogens is 1. The molecule has 3 aromatic carbocycles. The molecule has 2 N–H and O–H groups in total. The number of anilines is 1. The van der Waals surface area contributed by atoms with Crippen molar-refractivity contribution in [2.24, 2.45) is 0 Å². The lowest BCUT2D eigenvalue weighted by Gasteiger charge is -2.34. The molecule has 1 fully saturated rings. The molecule has 1 aliphatic heterocycles. The maximum Gasteiger partial charge on any atom is 0.214 e. The highest BCUT2D eigenvalue weighted by atomic mass is 32.2. The number of aromatic nitrogens is 1. The molecule has 0 radical (unpaired) electrons. The van der Waals surface area contributed by atoms with Crippen molar-refractivity contribution >= 4 is 26.4 Å². The molecule has 0 unspecified atom stereocenters. The number of nitrogens with zero attached hydrogens (tertiary/aromatic N) is 1. The Labute approximate surface area is 200 Å². The Bertz CT molecular complexity index is 1390. The molecule has 2 heterocycles. The van der Waals surface area contributed by atoms with Gasteiger partial charge in [-0.1, -0.05) is 48.5 Å². The van der Waals surface area contributed by atoms with E-state index in [9.17, 15) is 8.42 Å². The topological polar surface area (TPSA) is 65.2 Å². The Balaban J connectivity index is 1.54. The number of methoxy groups -OCH3 is 1. The van der Waals surface area contributed by atoms with Crippen LogP contribution in [0.4, 0.5) is 5.69 Å². The van der Waals surface area contributed by atoms with E-state index < -0.39 is 9.84 Å². The fourth-order valence-electron chi connectivity index (χ4n) is 4.68. The zero-order valence-corrected chi connectivity index (χ0v) is 20.0. The second-order valence-corrected chi connectivity index (χ2v) is 10.5. The number of hydrogen-bond acceptors (Lipinski definition) is 4. The average molecular weight is 476 g/mol. The number of H-pyrrole nitrogens is 1. The quantitative estimate of drug-likeness (QED) is 0.465. The number of benzene rings is 3. The van der Waals surface area contributed by atoms with E-state index in [1.54, 1.807) is 37.6 Å². The number of fused-ring (bicyclic) bond motifs is 1. The maximum absolute atomic E-state index is 13.7. The molecule has 0 bridgehead atoms. The lowest BCUT2D eigenvalue weighted by Crippen LogP contribution is -3.13. The minimum atomic E-state index is -3.71. The number of piperazine rings is 1. The monoisotopic (exact) mass is 475 g/mol. The van der Waals surface area contributed by atoms with E-state index in [4.69, 9.17) is 4.74 Å². The molecule has 1 aromatic heterocycles. The SMILES string of the molecule is COc1ccc2[nH+]cc(S(=O)(=O)c3ccccc3)c(N3CC[NH+](Cc4ccccc4)CC3)c2c1. The van der Waals surface area contributed by atoms with E-state index in [-0.39, 0.29) is 0 Å². The van der Waals surface area contributed by atoms with Crippen LogP contribution in [0.1, 0.15) is 5.56 Å². The Hall–Kier alpha value is -3.42. The van der Waals surface area contributed by atoms with Crippen LogP contribution < -0.4 is 19.5 Å². The van der Waals surface area contributed by atoms with Gasteiger partial charge in [-0.2, -0.15) is 0 Å². The smallest absolute Gasteiger partial charge is 0.214 e. The Morgan fingerprint density at radius 1 is 0.941 bits per heavy atom. The second-order valence-electron chi connectivity index (χ2n) is 8.63. The zero-order chi connectivity index (χ0) is 23.5. The molecule has 34 heavy (non-hydrogen) atoms. The van der Waals surface area contributed by atoms with Crippen LogP contribution in [-0.4, -0.2) is 41.7 Å². The molecular weight excluding hydrogens is 446 g/mol. The number of rotatable bonds is 6. The zero-order valence-electron chi connectivity index (χ0n) is 19.2. The highest BCUT2D eigenvalue weighted by Gasteiger charge is 2.32. The second kappa shape index (κ2) is 9.44. The largest absolute Gasteiger partial charge is 0.497 e. The highest BCUT2D eigenvalue weighted by molar-refractivity contribution is 7.91. The summed E-state index contributed by atoms with van der Waals surface area (Å²) >= 11 is 0. The molecule has 4 aromatic rings. The molecule has 0 saturated carbocycles. The molecule has 0 aliphatic carbocycles. The van der Waals surface area contributed by atoms with E-state index in [2.05, 4.69) is 34.1 Å². The summed E-state index contributed by atoms with van der Waals surface area (Å²) in [6, 6.07) is 24.9. The number of hydrogen-bond donors (Lipinski definition) is 1. The highest BCUT2D eigenvalue weighted by Crippen LogP contribution is 2.36. The van der Waals surface area contributed by atoms with Gasteiger partial charge in [-0.15, -0.1) is 0 Å². The van der Waals surface area contributed by atoms with Gasteiger partial charge in [0.25, 0.3) is 0 Å². The summed E-state index contributed by atoms with van der Waals surface area (Å²) in [5, 5.41) is 0.850. The van der Waals surface area contributed by atoms with E-state index >= 15 is 0 Å². The molecule has 0 amide bonds. The maximum atomic E-state index is 13.7. The minimum Gasteiger partial charge on any atom is -0.497 e. The van der Waals surface area contributed by atoms with E-state index in [0.29, 0.717) is 15.5 Å². The molecule has 174 valence electrons. The summed E-state index contributed by atoms with van der Waals surface area (Å²) in [7, 11) is -2.09. The van der Waals surface area contributed by atoms with Gasteiger partial charge in [-0.25, -0.2) is 13.4 Å². The van der Waals surface area contributed by atoms with Gasteiger partial charge < -0.3 is 14.5 Å². The normalized spacial score (nSPS) is 14.9. The van der Waals surface area contributed by atoms with Gasteiger partial charge in [-0.3, -0.25) is 0 Å². The molecular formula is C27H29N3O3S+2. The van der Waals surface area contributed by atoms with Crippen molar-refractivity contribution < 1.29 is 23.0 Å². The van der Waals surface area contributed by atoms with Crippen molar-refractivity contribution in [3.8, 4) is 5.75 Å². The van der Waals surface area contributed by atoms with Crippen molar-refractivity contribution in [1.29, 1.82) is 0 Å². The fourth-order valence-corrected chi connectivity index (χ4v) is 6.16. The first kappa shape index (κ1) is 22.4. The molecule has 6 nitrogen and oxygen atoms in total. The summed E-state index contributed by atoms with van der Waals surface area (Å²) < 4.78 is 32.9. The van der Waals surface area contributed by atoms with Crippen LogP contribution in [0.5, 0.6) is 5.75 Å². The lowest BCUT2D eigenvalue weighted by molar-refractivity contribution is -0.914. The first-order valence-corrected chi connectivity index (χ1v) is 13.0. The van der Waals surface area contributed by atoms with E-state index in [1.807, 2.05) is 30.3 Å². The van der Waals surface area contributed by atoms with Crippen molar-refractivity contribution in [1.82, 2.24) is 0 Å². The summed E-state index contributed by atoms with van der Waals surface area (Å²) in [4.78, 5) is 7.51. The van der Waals surface area contributed by atoms with Gasteiger partial charge in [0.05, 0.1) is 49.3 Å². The third kappa shape index (κ3) is 4.36. The van der Waals surface area contributed by atoms with Crippen LogP contribution >= 0.6 is 0 Å². The third-order valence-electron chi connectivity index (χ3n) is 6.50. The lowest BCUT2D eigenvalue weighted by atomic mass is 10.1. The summed E-state index contributed by atoms with van der Waals surface area (Å²) in [5.41, 5.74) is 2.94. The molecule has 0 atom stereocenters. The van der Waals surface area contributed by atoms with Crippen molar-refractivity contribution in [3.05, 3.63) is 90.6 Å². The first-order chi connectivity index (χ1) is 16.6. The van der Waals surface area contributed by atoms with Gasteiger partial charge in [0.1, 0.15) is 12.3 Å². The predicted molar refractivity (Wildman–Crippen MR) is 132 cm³/mol. The number of nitrogens with one attached hydrogen (secondary N) is 2. The number of pyridine rings is 1. The van der Waals surface area contributed by atoms with Crippen LogP contribution in [0, 0.1) is 0 Å². The Morgan fingerprint density at radius 2 is 1.62 bits per heavy atom. The fraction of sp³-hybridized carbons (Fsp3) is 0.222. The Kier molecular flexibility index (Phi) is 6.22. The van der Waals surface area contributed by atoms with Gasteiger partial charge in [0, 0.05) is 11.6 Å². The van der Waals surface area contributed by atoms with Crippen molar-refractivity contribution in [2.45, 2.75) is 16.3 Å². The van der Waals surface area contributed by atoms with Crippen molar-refractivity contribution in [2.75, 3.05) is 38.2 Å². The van der Waals surface area contributed by atoms with Gasteiger partial charge >= 0.3 is 0 Å². The van der Waals surface area contributed by atoms with Crippen LogP contribution in [-0.2, 0) is 16.4 Å². The van der Waals surface area contributed by atoms with Gasteiger partial charge in [0.2, 0.25) is 15.4 Å². The first-order valence-electron chi connectivity index (χ1n) is 11.5. The van der Waals surface area contributed by atoms with Crippen LogP contribution in [0.2, 0.25) is 0 Å². The van der Waals surface area contributed by atoms with Crippen LogP contribution in [0.15, 0.2) is 94.9 Å².